The fourth-order valence-corrected chi connectivity index (χ4v) is 6.84. The molecule has 2 fully saturated rings. The van der Waals surface area contributed by atoms with Crippen LogP contribution in [-0.2, 0) is 11.8 Å². The summed E-state index contributed by atoms with van der Waals surface area (Å²) in [5.74, 6) is 1.96. The van der Waals surface area contributed by atoms with Crippen molar-refractivity contribution in [3.05, 3.63) is 66.2 Å². The van der Waals surface area contributed by atoms with E-state index >= 15 is 0 Å². The van der Waals surface area contributed by atoms with Gasteiger partial charge in [-0.2, -0.15) is 0 Å². The van der Waals surface area contributed by atoms with Crippen molar-refractivity contribution in [1.82, 2.24) is 23.8 Å². The fraction of sp³-hybridized carbons (Fsp3) is 0.382. The van der Waals surface area contributed by atoms with Crippen LogP contribution in [0.5, 0.6) is 11.5 Å². The molecule has 7 rings (SSSR count). The Morgan fingerprint density at radius 3 is 2.53 bits per heavy atom. The molecule has 0 radical (unpaired) electrons. The quantitative estimate of drug-likeness (QED) is 0.282. The maximum Gasteiger partial charge on any atom is 0.272 e. The molecule has 11 nitrogen and oxygen atoms in total. The number of benzene rings is 2. The zero-order chi connectivity index (χ0) is 31.1. The molecule has 1 amide bonds. The van der Waals surface area contributed by atoms with E-state index in [2.05, 4.69) is 24.5 Å². The molecule has 5 heterocycles. The van der Waals surface area contributed by atoms with E-state index < -0.39 is 0 Å². The minimum Gasteiger partial charge on any atom is -0.496 e. The third kappa shape index (κ3) is 5.25. The number of rotatable bonds is 7. The van der Waals surface area contributed by atoms with Crippen LogP contribution in [0.2, 0.25) is 0 Å². The summed E-state index contributed by atoms with van der Waals surface area (Å²) in [5, 5.41) is 3.93. The van der Waals surface area contributed by atoms with Gasteiger partial charge in [0.2, 0.25) is 5.95 Å². The molecule has 2 aliphatic rings. The van der Waals surface area contributed by atoms with E-state index in [-0.39, 0.29) is 5.91 Å². The first-order valence-corrected chi connectivity index (χ1v) is 15.5. The van der Waals surface area contributed by atoms with E-state index in [1.165, 1.54) is 0 Å². The van der Waals surface area contributed by atoms with Crippen molar-refractivity contribution >= 4 is 34.0 Å². The molecule has 2 aliphatic heterocycles. The summed E-state index contributed by atoms with van der Waals surface area (Å²) >= 11 is 0. The van der Waals surface area contributed by atoms with Crippen LogP contribution in [0.25, 0.3) is 27.7 Å². The number of anilines is 2. The first-order chi connectivity index (χ1) is 22.0. The van der Waals surface area contributed by atoms with Crippen LogP contribution in [-0.4, -0.2) is 89.4 Å². The molecule has 5 aromatic rings. The van der Waals surface area contributed by atoms with Crippen LogP contribution in [0, 0.1) is 6.92 Å². The van der Waals surface area contributed by atoms with Gasteiger partial charge in [-0.3, -0.25) is 19.1 Å². The molecule has 0 saturated carbocycles. The third-order valence-corrected chi connectivity index (χ3v) is 9.25. The molecule has 0 aliphatic carbocycles. The van der Waals surface area contributed by atoms with E-state index in [0.29, 0.717) is 23.2 Å². The van der Waals surface area contributed by atoms with Crippen LogP contribution in [0.1, 0.15) is 29.0 Å². The predicted octanol–water partition coefficient (Wildman–Crippen LogP) is 4.77. The van der Waals surface area contributed by atoms with E-state index in [0.717, 1.165) is 97.3 Å². The smallest absolute Gasteiger partial charge is 0.272 e. The lowest BCUT2D eigenvalue weighted by atomic mass is 10.0. The first kappa shape index (κ1) is 29.1. The molecule has 234 valence electrons. The lowest BCUT2D eigenvalue weighted by Gasteiger charge is -2.40. The number of morpholine rings is 1. The number of amides is 1. The van der Waals surface area contributed by atoms with Crippen LogP contribution >= 0.6 is 0 Å². The Hall–Kier alpha value is -4.61. The minimum absolute atomic E-state index is 0.239. The van der Waals surface area contributed by atoms with Crippen LogP contribution < -0.4 is 19.7 Å². The average Bonchev–Trinajstić information content (AvgIpc) is 3.64. The third-order valence-electron chi connectivity index (χ3n) is 9.25. The summed E-state index contributed by atoms with van der Waals surface area (Å²) in [4.78, 5) is 28.2. The summed E-state index contributed by atoms with van der Waals surface area (Å²) in [5.41, 5.74) is 5.60. The van der Waals surface area contributed by atoms with E-state index in [1.54, 1.807) is 14.2 Å². The van der Waals surface area contributed by atoms with Gasteiger partial charge in [-0.05, 0) is 50.1 Å². The van der Waals surface area contributed by atoms with Gasteiger partial charge in [-0.1, -0.05) is 12.1 Å². The highest BCUT2D eigenvalue weighted by atomic mass is 16.5. The lowest BCUT2D eigenvalue weighted by molar-refractivity contribution is 0.0114. The Labute approximate surface area is 262 Å². The number of carbonyl (C=O) groups is 1. The van der Waals surface area contributed by atoms with Gasteiger partial charge in [0.15, 0.2) is 0 Å². The highest BCUT2D eigenvalue weighted by molar-refractivity contribution is 6.08. The second kappa shape index (κ2) is 12.1. The molecule has 11 heteroatoms. The fourth-order valence-electron chi connectivity index (χ4n) is 6.84. The molecule has 0 spiro atoms. The zero-order valence-electron chi connectivity index (χ0n) is 26.2. The summed E-state index contributed by atoms with van der Waals surface area (Å²) in [6.07, 6.45) is 6.02. The van der Waals surface area contributed by atoms with Crippen molar-refractivity contribution in [2.75, 3.05) is 63.8 Å². The van der Waals surface area contributed by atoms with Gasteiger partial charge in [0.05, 0.1) is 49.8 Å². The first-order valence-electron chi connectivity index (χ1n) is 15.5. The largest absolute Gasteiger partial charge is 0.496 e. The van der Waals surface area contributed by atoms with Crippen molar-refractivity contribution in [1.29, 1.82) is 0 Å². The number of imidazole rings is 1. The number of hydrogen-bond donors (Lipinski definition) is 1. The number of aryl methyl sites for hydroxylation is 2. The second-order valence-corrected chi connectivity index (χ2v) is 11.7. The van der Waals surface area contributed by atoms with Gasteiger partial charge in [0, 0.05) is 62.6 Å². The van der Waals surface area contributed by atoms with Gasteiger partial charge >= 0.3 is 0 Å². The van der Waals surface area contributed by atoms with Gasteiger partial charge in [0.1, 0.15) is 22.9 Å². The van der Waals surface area contributed by atoms with Crippen LogP contribution in [0.4, 0.5) is 11.6 Å². The standard InChI is InChI=1S/C34H39N7O4/c1-22-32-31(37-34(41(32)15-12-35-22)40-13-10-24(11-14-40)39-16-18-45-19-17-39)23-8-9-26(30(20-23)44-4)36-33(42)28-21-25-27(38(28)2)6-5-7-29(25)43-3/h5-9,12,15,20-21,24H,10-11,13-14,16-19H2,1-4H3,(H,36,42). The van der Waals surface area contributed by atoms with Crippen molar-refractivity contribution in [3.8, 4) is 22.8 Å². The Morgan fingerprint density at radius 2 is 1.78 bits per heavy atom. The highest BCUT2D eigenvalue weighted by Gasteiger charge is 2.29. The maximum absolute atomic E-state index is 13.5. The number of aromatic nitrogens is 4. The minimum atomic E-state index is -0.239. The van der Waals surface area contributed by atoms with Gasteiger partial charge < -0.3 is 29.0 Å². The summed E-state index contributed by atoms with van der Waals surface area (Å²) in [6, 6.07) is 14.0. The van der Waals surface area contributed by atoms with Crippen LogP contribution in [0.3, 0.4) is 0 Å². The molecule has 45 heavy (non-hydrogen) atoms. The number of nitrogens with zero attached hydrogens (tertiary/aromatic N) is 6. The molecule has 2 aromatic carbocycles. The molecular formula is C34H39N7O4. The van der Waals surface area contributed by atoms with Gasteiger partial charge in [-0.25, -0.2) is 4.98 Å². The summed E-state index contributed by atoms with van der Waals surface area (Å²) in [6.45, 7) is 7.57. The molecule has 0 bridgehead atoms. The summed E-state index contributed by atoms with van der Waals surface area (Å²) < 4.78 is 20.9. The van der Waals surface area contributed by atoms with Gasteiger partial charge in [0.25, 0.3) is 5.91 Å². The lowest BCUT2D eigenvalue weighted by Crippen LogP contribution is -2.49. The normalized spacial score (nSPS) is 16.4. The number of nitrogens with one attached hydrogen (secondary N) is 1. The molecular weight excluding hydrogens is 570 g/mol. The molecule has 0 atom stereocenters. The van der Waals surface area contributed by atoms with E-state index in [9.17, 15) is 4.79 Å². The summed E-state index contributed by atoms with van der Waals surface area (Å²) in [7, 11) is 5.12. The van der Waals surface area contributed by atoms with Crippen molar-refractivity contribution in [2.45, 2.75) is 25.8 Å². The number of ether oxygens (including phenoxy) is 3. The number of hydrogen-bond acceptors (Lipinski definition) is 8. The Morgan fingerprint density at radius 1 is 1.00 bits per heavy atom. The Bertz CT molecular complexity index is 1870. The molecule has 0 unspecified atom stereocenters. The maximum atomic E-state index is 13.5. The number of fused-ring (bicyclic) bond motifs is 2. The van der Waals surface area contributed by atoms with E-state index in [4.69, 9.17) is 19.2 Å². The number of carbonyl (C=O) groups excluding carboxylic acids is 1. The highest BCUT2D eigenvalue weighted by Crippen LogP contribution is 2.36. The number of methoxy groups -OCH3 is 2. The van der Waals surface area contributed by atoms with E-state index in [1.807, 2.05) is 73.4 Å². The molecule has 2 saturated heterocycles. The second-order valence-electron chi connectivity index (χ2n) is 11.7. The number of piperidine rings is 1. The zero-order valence-corrected chi connectivity index (χ0v) is 26.2. The topological polar surface area (TPSA) is 98.4 Å². The molecule has 1 N–H and O–H groups in total. The van der Waals surface area contributed by atoms with Crippen LogP contribution in [0.15, 0.2) is 54.9 Å². The average molecular weight is 610 g/mol. The van der Waals surface area contributed by atoms with Crippen molar-refractivity contribution in [3.63, 3.8) is 0 Å². The van der Waals surface area contributed by atoms with Crippen molar-refractivity contribution < 1.29 is 19.0 Å². The Balaban J connectivity index is 1.17. The van der Waals surface area contributed by atoms with Gasteiger partial charge in [-0.15, -0.1) is 0 Å². The predicted molar refractivity (Wildman–Crippen MR) is 175 cm³/mol. The monoisotopic (exact) mass is 609 g/mol. The SMILES string of the molecule is COc1cc(-c2nc(N3CCC(N4CCOCC4)CC3)n3ccnc(C)c23)ccc1NC(=O)c1cc2c(OC)cccc2n1C. The molecule has 3 aromatic heterocycles. The Kier molecular flexibility index (Phi) is 7.80. The van der Waals surface area contributed by atoms with Crippen molar-refractivity contribution in [2.24, 2.45) is 7.05 Å².